The molecule has 3 rings (SSSR count). The maximum atomic E-state index is 5.64. The normalized spacial score (nSPS) is 14.7. The standard InChI is InChI=1S/C11H15N7/c1-8-4-9(5-12)15-11(14-8)17-2-3-18-7-13-16-10(18)6-17/h4,7H,2-3,5-6,12H2,1H3. The van der Waals surface area contributed by atoms with Crippen molar-refractivity contribution in [2.75, 3.05) is 11.4 Å². The molecule has 2 aromatic rings. The minimum atomic E-state index is 0.431. The molecule has 2 aromatic heterocycles. The zero-order valence-corrected chi connectivity index (χ0v) is 10.2. The van der Waals surface area contributed by atoms with Crippen LogP contribution in [-0.2, 0) is 19.6 Å². The monoisotopic (exact) mass is 245 g/mol. The summed E-state index contributed by atoms with van der Waals surface area (Å²) in [6, 6.07) is 1.91. The van der Waals surface area contributed by atoms with Crippen LogP contribution in [0.3, 0.4) is 0 Å². The van der Waals surface area contributed by atoms with Crippen molar-refractivity contribution in [2.45, 2.75) is 26.6 Å². The summed E-state index contributed by atoms with van der Waals surface area (Å²) in [4.78, 5) is 11.0. The van der Waals surface area contributed by atoms with Gasteiger partial charge in [0.2, 0.25) is 5.95 Å². The molecular weight excluding hydrogens is 230 g/mol. The minimum Gasteiger partial charge on any atom is -0.331 e. The smallest absolute Gasteiger partial charge is 0.226 e. The summed E-state index contributed by atoms with van der Waals surface area (Å²) in [5.74, 6) is 1.67. The van der Waals surface area contributed by atoms with Gasteiger partial charge in [0, 0.05) is 25.3 Å². The molecule has 0 radical (unpaired) electrons. The Morgan fingerprint density at radius 1 is 1.33 bits per heavy atom. The minimum absolute atomic E-state index is 0.431. The molecule has 1 aliphatic rings. The Hall–Kier alpha value is -2.02. The van der Waals surface area contributed by atoms with E-state index in [0.717, 1.165) is 36.3 Å². The Bertz CT molecular complexity index is 562. The number of nitrogens with two attached hydrogens (primary N) is 1. The highest BCUT2D eigenvalue weighted by atomic mass is 15.4. The summed E-state index contributed by atoms with van der Waals surface area (Å²) >= 11 is 0. The van der Waals surface area contributed by atoms with Crippen LogP contribution in [0, 0.1) is 6.92 Å². The molecule has 2 N–H and O–H groups in total. The molecule has 0 fully saturated rings. The average molecular weight is 245 g/mol. The number of hydrogen-bond donors (Lipinski definition) is 1. The Morgan fingerprint density at radius 3 is 3.06 bits per heavy atom. The van der Waals surface area contributed by atoms with E-state index in [0.29, 0.717) is 13.1 Å². The van der Waals surface area contributed by atoms with Gasteiger partial charge in [-0.2, -0.15) is 0 Å². The largest absolute Gasteiger partial charge is 0.331 e. The first kappa shape index (κ1) is 11.1. The fourth-order valence-corrected chi connectivity index (χ4v) is 2.10. The van der Waals surface area contributed by atoms with E-state index in [4.69, 9.17) is 5.73 Å². The lowest BCUT2D eigenvalue weighted by Gasteiger charge is -2.27. The van der Waals surface area contributed by atoms with Gasteiger partial charge in [-0.1, -0.05) is 0 Å². The third kappa shape index (κ3) is 1.92. The molecule has 3 heterocycles. The zero-order chi connectivity index (χ0) is 12.5. The molecule has 0 amide bonds. The van der Waals surface area contributed by atoms with Gasteiger partial charge in [-0.15, -0.1) is 10.2 Å². The van der Waals surface area contributed by atoms with Crippen LogP contribution in [-0.4, -0.2) is 31.3 Å². The summed E-state index contributed by atoms with van der Waals surface area (Å²) in [6.07, 6.45) is 1.76. The lowest BCUT2D eigenvalue weighted by atomic mass is 10.3. The molecule has 0 atom stereocenters. The maximum Gasteiger partial charge on any atom is 0.226 e. The number of hydrogen-bond acceptors (Lipinski definition) is 6. The molecule has 0 bridgehead atoms. The van der Waals surface area contributed by atoms with E-state index in [1.54, 1.807) is 6.33 Å². The fourth-order valence-electron chi connectivity index (χ4n) is 2.10. The van der Waals surface area contributed by atoms with Crippen LogP contribution in [0.4, 0.5) is 5.95 Å². The van der Waals surface area contributed by atoms with Crippen LogP contribution in [0.5, 0.6) is 0 Å². The highest BCUT2D eigenvalue weighted by molar-refractivity contribution is 5.33. The molecule has 0 spiro atoms. The molecule has 0 aliphatic carbocycles. The van der Waals surface area contributed by atoms with Gasteiger partial charge in [-0.05, 0) is 13.0 Å². The third-order valence-corrected chi connectivity index (χ3v) is 3.03. The first-order valence-corrected chi connectivity index (χ1v) is 5.92. The maximum absolute atomic E-state index is 5.64. The summed E-state index contributed by atoms with van der Waals surface area (Å²) in [7, 11) is 0. The topological polar surface area (TPSA) is 85.8 Å². The fraction of sp³-hybridized carbons (Fsp3) is 0.455. The summed E-state index contributed by atoms with van der Waals surface area (Å²) < 4.78 is 2.05. The highest BCUT2D eigenvalue weighted by Crippen LogP contribution is 2.16. The van der Waals surface area contributed by atoms with Gasteiger partial charge in [0.1, 0.15) is 6.33 Å². The number of rotatable bonds is 2. The van der Waals surface area contributed by atoms with Crippen molar-refractivity contribution in [1.82, 2.24) is 24.7 Å². The molecule has 0 unspecified atom stereocenters. The Morgan fingerprint density at radius 2 is 2.22 bits per heavy atom. The second kappa shape index (κ2) is 4.34. The molecule has 1 aliphatic heterocycles. The van der Waals surface area contributed by atoms with E-state index in [2.05, 4.69) is 29.6 Å². The van der Waals surface area contributed by atoms with Crippen LogP contribution in [0.25, 0.3) is 0 Å². The number of aryl methyl sites for hydroxylation is 1. The summed E-state index contributed by atoms with van der Waals surface area (Å²) in [5.41, 5.74) is 7.44. The third-order valence-electron chi connectivity index (χ3n) is 3.03. The van der Waals surface area contributed by atoms with Crippen LogP contribution in [0.2, 0.25) is 0 Å². The lowest BCUT2D eigenvalue weighted by Crippen LogP contribution is -2.35. The van der Waals surface area contributed by atoms with Gasteiger partial charge in [-0.25, -0.2) is 9.97 Å². The van der Waals surface area contributed by atoms with Crippen molar-refractivity contribution in [3.8, 4) is 0 Å². The van der Waals surface area contributed by atoms with Crippen LogP contribution in [0.15, 0.2) is 12.4 Å². The van der Waals surface area contributed by atoms with Crippen molar-refractivity contribution in [2.24, 2.45) is 5.73 Å². The van der Waals surface area contributed by atoms with Crippen molar-refractivity contribution in [1.29, 1.82) is 0 Å². The zero-order valence-electron chi connectivity index (χ0n) is 10.2. The first-order chi connectivity index (χ1) is 8.76. The lowest BCUT2D eigenvalue weighted by molar-refractivity contribution is 0.550. The van der Waals surface area contributed by atoms with Crippen LogP contribution < -0.4 is 10.6 Å². The van der Waals surface area contributed by atoms with Gasteiger partial charge >= 0.3 is 0 Å². The van der Waals surface area contributed by atoms with Gasteiger partial charge in [0.25, 0.3) is 0 Å². The molecule has 18 heavy (non-hydrogen) atoms. The van der Waals surface area contributed by atoms with Gasteiger partial charge in [0.05, 0.1) is 12.2 Å². The summed E-state index contributed by atoms with van der Waals surface area (Å²) in [5, 5.41) is 8.00. The van der Waals surface area contributed by atoms with E-state index in [-0.39, 0.29) is 0 Å². The quantitative estimate of drug-likeness (QED) is 0.792. The van der Waals surface area contributed by atoms with E-state index in [1.807, 2.05) is 13.0 Å². The van der Waals surface area contributed by atoms with Gasteiger partial charge < -0.3 is 15.2 Å². The number of anilines is 1. The van der Waals surface area contributed by atoms with E-state index < -0.39 is 0 Å². The molecule has 7 nitrogen and oxygen atoms in total. The molecular formula is C11H15N7. The second-order valence-corrected chi connectivity index (χ2v) is 4.37. The Labute approximate surface area is 105 Å². The number of nitrogens with zero attached hydrogens (tertiary/aromatic N) is 6. The average Bonchev–Trinajstić information content (AvgIpc) is 2.85. The van der Waals surface area contributed by atoms with Crippen LogP contribution >= 0.6 is 0 Å². The van der Waals surface area contributed by atoms with Crippen LogP contribution in [0.1, 0.15) is 17.2 Å². The van der Waals surface area contributed by atoms with E-state index >= 15 is 0 Å². The highest BCUT2D eigenvalue weighted by Gasteiger charge is 2.20. The summed E-state index contributed by atoms with van der Waals surface area (Å²) in [6.45, 7) is 4.79. The van der Waals surface area contributed by atoms with Crippen molar-refractivity contribution >= 4 is 5.95 Å². The second-order valence-electron chi connectivity index (χ2n) is 4.37. The van der Waals surface area contributed by atoms with E-state index in [9.17, 15) is 0 Å². The molecule has 0 aromatic carbocycles. The first-order valence-electron chi connectivity index (χ1n) is 5.92. The predicted octanol–water partition coefficient (Wildman–Crippen LogP) is -0.145. The molecule has 94 valence electrons. The molecule has 0 saturated heterocycles. The van der Waals surface area contributed by atoms with E-state index in [1.165, 1.54) is 0 Å². The van der Waals surface area contributed by atoms with Crippen molar-refractivity contribution < 1.29 is 0 Å². The number of aromatic nitrogens is 5. The molecule has 7 heteroatoms. The Kier molecular flexibility index (Phi) is 2.67. The Balaban J connectivity index is 1.90. The molecule has 0 saturated carbocycles. The van der Waals surface area contributed by atoms with Gasteiger partial charge in [-0.3, -0.25) is 0 Å². The number of fused-ring (bicyclic) bond motifs is 1. The van der Waals surface area contributed by atoms with Crippen molar-refractivity contribution in [3.63, 3.8) is 0 Å². The van der Waals surface area contributed by atoms with Gasteiger partial charge in [0.15, 0.2) is 5.82 Å². The predicted molar refractivity (Wildman–Crippen MR) is 65.7 cm³/mol. The van der Waals surface area contributed by atoms with Crippen molar-refractivity contribution in [3.05, 3.63) is 29.6 Å². The SMILES string of the molecule is Cc1cc(CN)nc(N2CCn3cnnc3C2)n1.